The van der Waals surface area contributed by atoms with Gasteiger partial charge in [0.15, 0.2) is 13.1 Å². The van der Waals surface area contributed by atoms with Crippen LogP contribution in [0.3, 0.4) is 0 Å². The molecule has 0 aliphatic carbocycles. The zero-order chi connectivity index (χ0) is 19.1. The largest absolute Gasteiger partial charge is 0.322 e. The van der Waals surface area contributed by atoms with Crippen LogP contribution in [0.2, 0.25) is 0 Å². The highest BCUT2D eigenvalue weighted by molar-refractivity contribution is 9.10. The highest BCUT2D eigenvalue weighted by Crippen LogP contribution is 2.19. The van der Waals surface area contributed by atoms with Gasteiger partial charge < -0.3 is 15.5 Å². The number of quaternary nitrogens is 1. The van der Waals surface area contributed by atoms with Gasteiger partial charge in [-0.15, -0.1) is 0 Å². The first-order valence-electron chi connectivity index (χ1n) is 8.04. The van der Waals surface area contributed by atoms with Crippen molar-refractivity contribution < 1.29 is 14.5 Å². The van der Waals surface area contributed by atoms with Crippen molar-refractivity contribution in [2.75, 3.05) is 30.8 Å². The van der Waals surface area contributed by atoms with E-state index in [9.17, 15) is 9.59 Å². The first kappa shape index (κ1) is 19.6. The molecule has 0 radical (unpaired) electrons. The fraction of sp³-hybridized carbons (Fsp3) is 0.211. The van der Waals surface area contributed by atoms with Crippen molar-refractivity contribution in [3.05, 3.63) is 58.1 Å². The van der Waals surface area contributed by atoms with Gasteiger partial charge in [0.1, 0.15) is 0 Å². The number of aryl methyl sites for hydroxylation is 1. The van der Waals surface area contributed by atoms with Gasteiger partial charge in [-0.25, -0.2) is 0 Å². The molecule has 2 aromatic rings. The molecular formula is C19H20BrN4O2+. The minimum atomic E-state index is -0.195. The lowest BCUT2D eigenvalue weighted by Crippen LogP contribution is -3.11. The van der Waals surface area contributed by atoms with Crippen molar-refractivity contribution >= 4 is 39.1 Å². The fourth-order valence-electron chi connectivity index (χ4n) is 2.41. The SMILES string of the molecule is Cc1cc(Br)ccc1NC(=O)C[NH+](C)CC(=O)Nc1ccc(C#N)cc1. The van der Waals surface area contributed by atoms with Crippen LogP contribution < -0.4 is 15.5 Å². The predicted octanol–water partition coefficient (Wildman–Crippen LogP) is 1.72. The second-order valence-electron chi connectivity index (χ2n) is 6.06. The van der Waals surface area contributed by atoms with Crippen LogP contribution in [0.5, 0.6) is 0 Å². The Hall–Kier alpha value is -2.69. The van der Waals surface area contributed by atoms with Crippen molar-refractivity contribution in [1.82, 2.24) is 0 Å². The predicted molar refractivity (Wildman–Crippen MR) is 104 cm³/mol. The van der Waals surface area contributed by atoms with E-state index < -0.39 is 0 Å². The summed E-state index contributed by atoms with van der Waals surface area (Å²) in [5, 5.41) is 14.4. The van der Waals surface area contributed by atoms with Crippen LogP contribution in [0.25, 0.3) is 0 Å². The molecule has 26 heavy (non-hydrogen) atoms. The minimum absolute atomic E-state index is 0.154. The molecule has 1 atom stereocenters. The summed E-state index contributed by atoms with van der Waals surface area (Å²) in [4.78, 5) is 25.0. The molecule has 0 saturated heterocycles. The lowest BCUT2D eigenvalue weighted by atomic mass is 10.2. The summed E-state index contributed by atoms with van der Waals surface area (Å²) in [6.07, 6.45) is 0. The van der Waals surface area contributed by atoms with E-state index in [1.807, 2.05) is 31.2 Å². The van der Waals surface area contributed by atoms with E-state index in [4.69, 9.17) is 5.26 Å². The molecule has 2 rings (SSSR count). The molecule has 1 unspecified atom stereocenters. The Bertz CT molecular complexity index is 844. The Morgan fingerprint density at radius 1 is 1.08 bits per heavy atom. The molecule has 0 heterocycles. The fourth-order valence-corrected chi connectivity index (χ4v) is 2.88. The van der Waals surface area contributed by atoms with Gasteiger partial charge in [-0.3, -0.25) is 9.59 Å². The Balaban J connectivity index is 1.82. The van der Waals surface area contributed by atoms with Gasteiger partial charge >= 0.3 is 0 Å². The number of hydrogen-bond donors (Lipinski definition) is 3. The van der Waals surface area contributed by atoms with E-state index in [2.05, 4.69) is 26.6 Å². The molecule has 134 valence electrons. The zero-order valence-corrected chi connectivity index (χ0v) is 16.2. The molecule has 0 aliphatic rings. The summed E-state index contributed by atoms with van der Waals surface area (Å²) in [7, 11) is 1.78. The third-order valence-corrected chi connectivity index (χ3v) is 4.18. The number of nitriles is 1. The molecule has 0 saturated carbocycles. The van der Waals surface area contributed by atoms with E-state index in [1.165, 1.54) is 0 Å². The van der Waals surface area contributed by atoms with Crippen LogP contribution in [-0.2, 0) is 9.59 Å². The summed E-state index contributed by atoms with van der Waals surface area (Å²) in [6.45, 7) is 2.25. The molecule has 3 N–H and O–H groups in total. The Morgan fingerprint density at radius 2 is 1.69 bits per heavy atom. The van der Waals surface area contributed by atoms with Gasteiger partial charge in [-0.05, 0) is 55.0 Å². The van der Waals surface area contributed by atoms with Gasteiger partial charge in [0.05, 0.1) is 18.7 Å². The van der Waals surface area contributed by atoms with Gasteiger partial charge in [-0.1, -0.05) is 15.9 Å². The summed E-state index contributed by atoms with van der Waals surface area (Å²) >= 11 is 3.39. The minimum Gasteiger partial charge on any atom is -0.322 e. The molecule has 0 fully saturated rings. The van der Waals surface area contributed by atoms with Gasteiger partial charge in [-0.2, -0.15) is 5.26 Å². The van der Waals surface area contributed by atoms with Crippen molar-refractivity contribution in [3.63, 3.8) is 0 Å². The Kier molecular flexibility index (Phi) is 6.89. The van der Waals surface area contributed by atoms with Gasteiger partial charge in [0.25, 0.3) is 11.8 Å². The van der Waals surface area contributed by atoms with Gasteiger partial charge in [0.2, 0.25) is 0 Å². The molecule has 2 aromatic carbocycles. The number of amides is 2. The van der Waals surface area contributed by atoms with E-state index in [0.717, 1.165) is 20.6 Å². The Labute approximate surface area is 160 Å². The third kappa shape index (κ3) is 5.99. The molecular weight excluding hydrogens is 396 g/mol. The normalized spacial score (nSPS) is 11.3. The van der Waals surface area contributed by atoms with Crippen LogP contribution in [0.15, 0.2) is 46.9 Å². The number of carbonyl (C=O) groups excluding carboxylic acids is 2. The zero-order valence-electron chi connectivity index (χ0n) is 14.6. The molecule has 0 aromatic heterocycles. The monoisotopic (exact) mass is 415 g/mol. The molecule has 0 aliphatic heterocycles. The lowest BCUT2D eigenvalue weighted by molar-refractivity contribution is -0.862. The molecule has 0 bridgehead atoms. The first-order chi connectivity index (χ1) is 12.4. The standard InChI is InChI=1S/C19H19BrN4O2/c1-13-9-15(20)5-8-17(13)23-19(26)12-24(2)11-18(25)22-16-6-3-14(10-21)4-7-16/h3-9H,11-12H2,1-2H3,(H,22,25)(H,23,26)/p+1. The maximum atomic E-state index is 12.2. The number of likely N-dealkylation sites (N-methyl/N-ethyl adjacent to an activating group) is 1. The van der Waals surface area contributed by atoms with E-state index in [1.54, 1.807) is 31.3 Å². The van der Waals surface area contributed by atoms with Crippen LogP contribution >= 0.6 is 15.9 Å². The molecule has 0 spiro atoms. The third-order valence-electron chi connectivity index (χ3n) is 3.68. The number of nitrogens with zero attached hydrogens (tertiary/aromatic N) is 1. The number of rotatable bonds is 6. The van der Waals surface area contributed by atoms with Crippen LogP contribution in [0.4, 0.5) is 11.4 Å². The van der Waals surface area contributed by atoms with Crippen LogP contribution in [-0.4, -0.2) is 32.0 Å². The molecule has 2 amide bonds. The van der Waals surface area contributed by atoms with Crippen molar-refractivity contribution in [2.45, 2.75) is 6.92 Å². The maximum absolute atomic E-state index is 12.2. The van der Waals surface area contributed by atoms with Crippen LogP contribution in [0.1, 0.15) is 11.1 Å². The number of hydrogen-bond acceptors (Lipinski definition) is 3. The van der Waals surface area contributed by atoms with E-state index in [0.29, 0.717) is 11.3 Å². The Morgan fingerprint density at radius 3 is 2.27 bits per heavy atom. The summed E-state index contributed by atoms with van der Waals surface area (Å²) in [5.41, 5.74) is 2.87. The topological polar surface area (TPSA) is 86.4 Å². The van der Waals surface area contributed by atoms with Crippen molar-refractivity contribution in [3.8, 4) is 6.07 Å². The number of halogens is 1. The first-order valence-corrected chi connectivity index (χ1v) is 8.84. The molecule has 7 heteroatoms. The number of benzene rings is 2. The average Bonchev–Trinajstić information content (AvgIpc) is 2.57. The van der Waals surface area contributed by atoms with Crippen molar-refractivity contribution in [1.29, 1.82) is 5.26 Å². The van der Waals surface area contributed by atoms with Gasteiger partial charge in [0, 0.05) is 15.8 Å². The number of anilines is 2. The lowest BCUT2D eigenvalue weighted by Gasteiger charge is -2.14. The molecule has 6 nitrogen and oxygen atoms in total. The highest BCUT2D eigenvalue weighted by atomic mass is 79.9. The second kappa shape index (κ2) is 9.13. The second-order valence-corrected chi connectivity index (χ2v) is 6.97. The summed E-state index contributed by atoms with van der Waals surface area (Å²) in [5.74, 6) is -0.348. The van der Waals surface area contributed by atoms with E-state index >= 15 is 0 Å². The average molecular weight is 416 g/mol. The highest BCUT2D eigenvalue weighted by Gasteiger charge is 2.15. The maximum Gasteiger partial charge on any atom is 0.279 e. The summed E-state index contributed by atoms with van der Waals surface area (Å²) < 4.78 is 0.954. The smallest absolute Gasteiger partial charge is 0.279 e. The van der Waals surface area contributed by atoms with E-state index in [-0.39, 0.29) is 24.9 Å². The summed E-state index contributed by atoms with van der Waals surface area (Å²) in [6, 6.07) is 14.3. The number of nitrogens with one attached hydrogen (secondary N) is 3. The number of carbonyl (C=O) groups is 2. The van der Waals surface area contributed by atoms with Crippen LogP contribution in [0, 0.1) is 18.3 Å². The van der Waals surface area contributed by atoms with Crippen molar-refractivity contribution in [2.24, 2.45) is 0 Å². The quantitative estimate of drug-likeness (QED) is 0.671.